The second kappa shape index (κ2) is 21.3. The van der Waals surface area contributed by atoms with Gasteiger partial charge in [-0.05, 0) is 48.5 Å². The van der Waals surface area contributed by atoms with Crippen LogP contribution in [0.1, 0.15) is 40.5 Å². The molecule has 0 fully saturated rings. The maximum absolute atomic E-state index is 12.0. The van der Waals surface area contributed by atoms with E-state index in [9.17, 15) is 8.78 Å². The van der Waals surface area contributed by atoms with Crippen molar-refractivity contribution in [2.75, 3.05) is 0 Å². The van der Waals surface area contributed by atoms with Crippen LogP contribution in [0.15, 0.2) is 84.0 Å². The van der Waals surface area contributed by atoms with Crippen LogP contribution in [-0.4, -0.2) is 17.1 Å². The van der Waals surface area contributed by atoms with E-state index in [0.29, 0.717) is 5.41 Å². The van der Waals surface area contributed by atoms with Crippen molar-refractivity contribution >= 4 is 6.88 Å². The van der Waals surface area contributed by atoms with Crippen LogP contribution in [0, 0.1) is 44.1 Å². The normalized spacial score (nSPS) is 12.1. The van der Waals surface area contributed by atoms with Gasteiger partial charge >= 0.3 is 30.2 Å². The molecule has 2 N–H and O–H groups in total. The monoisotopic (exact) mass is 574 g/mol. The van der Waals surface area contributed by atoms with Gasteiger partial charge in [-0.25, -0.2) is 26.5 Å². The first-order chi connectivity index (χ1) is 15.6. The Kier molecular flexibility index (Phi) is 22.8. The van der Waals surface area contributed by atoms with Gasteiger partial charge < -0.3 is 25.1 Å². The zero-order chi connectivity index (χ0) is 25.3. The zero-order valence-electron chi connectivity index (χ0n) is 21.7. The zero-order valence-corrected chi connectivity index (χ0v) is 25.6. The molecule has 0 amide bonds. The second-order valence-corrected chi connectivity index (χ2v) is 7.92. The van der Waals surface area contributed by atoms with Crippen LogP contribution in [0.3, 0.4) is 0 Å². The van der Waals surface area contributed by atoms with Gasteiger partial charge in [0, 0.05) is 0 Å². The number of hydrogen-bond donors (Lipinski definition) is 2. The Morgan fingerprint density at radius 2 is 1.11 bits per heavy atom. The fraction of sp³-hybridized carbons (Fsp3) is 0.241. The number of phenols is 2. The average molecular weight is 576 g/mol. The number of benzene rings is 2. The topological polar surface area (TPSA) is 40.5 Å². The van der Waals surface area contributed by atoms with Gasteiger partial charge in [0.2, 0.25) is 0 Å². The van der Waals surface area contributed by atoms with E-state index in [4.69, 9.17) is 10.2 Å². The Bertz CT molecular complexity index is 838. The molecule has 0 heterocycles. The summed E-state index contributed by atoms with van der Waals surface area (Å²) in [5.74, 6) is -0.483. The third kappa shape index (κ3) is 19.9. The summed E-state index contributed by atoms with van der Waals surface area (Å²) < 4.78 is 24.0. The summed E-state index contributed by atoms with van der Waals surface area (Å²) in [6.45, 7) is 10.7. The molecule has 2 aliphatic rings. The first-order valence-electron chi connectivity index (χ1n) is 10.3. The molecular weight excluding hydrogens is 538 g/mol. The molecule has 35 heavy (non-hydrogen) atoms. The van der Waals surface area contributed by atoms with Crippen LogP contribution < -0.4 is 0 Å². The van der Waals surface area contributed by atoms with E-state index >= 15 is 0 Å². The average Bonchev–Trinajstić information content (AvgIpc) is 3.49. The van der Waals surface area contributed by atoms with E-state index < -0.39 is 0 Å². The van der Waals surface area contributed by atoms with Crippen LogP contribution in [0.4, 0.5) is 8.78 Å². The summed E-state index contributed by atoms with van der Waals surface area (Å²) >= 11 is 1.58. The van der Waals surface area contributed by atoms with Crippen molar-refractivity contribution in [1.82, 2.24) is 0 Å². The Morgan fingerprint density at radius 1 is 0.743 bits per heavy atom. The molecule has 4 rings (SSSR count). The third-order valence-corrected chi connectivity index (χ3v) is 4.09. The van der Waals surface area contributed by atoms with E-state index in [-0.39, 0.29) is 38.0 Å². The number of allylic oxidation sites excluding steroid dienone is 8. The van der Waals surface area contributed by atoms with Crippen molar-refractivity contribution in [3.05, 3.63) is 123 Å². The number of phenolic OH excluding ortho intramolecular Hbond substituents is 2. The molecule has 0 saturated heterocycles. The van der Waals surface area contributed by atoms with Gasteiger partial charge in [0.15, 0.2) is 0 Å². The fourth-order valence-electron chi connectivity index (χ4n) is 2.30. The third-order valence-electron chi connectivity index (χ3n) is 4.09. The molecule has 2 aliphatic carbocycles. The molecule has 0 aromatic heterocycles. The molecule has 0 spiro atoms. The van der Waals surface area contributed by atoms with Crippen LogP contribution >= 0.6 is 0 Å². The van der Waals surface area contributed by atoms with Gasteiger partial charge in [0.05, 0.1) is 0 Å². The summed E-state index contributed by atoms with van der Waals surface area (Å²) in [5.41, 5.74) is 3.08. The van der Waals surface area contributed by atoms with Gasteiger partial charge in [0.25, 0.3) is 0 Å². The second-order valence-electron chi connectivity index (χ2n) is 7.92. The van der Waals surface area contributed by atoms with Crippen molar-refractivity contribution < 1.29 is 42.3 Å². The molecule has 0 unspecified atom stereocenters. The SMILES string of the molecule is CC(C)(C)C1=CC[C-]=C1.CC1=CC[C-]=C1.Oc1ccc(F)cc1.Oc1ccc(F)cc1.[CH3-].[CH3-].[SiH2]=[Zr]. The summed E-state index contributed by atoms with van der Waals surface area (Å²) in [7, 11) is 0. The van der Waals surface area contributed by atoms with Crippen molar-refractivity contribution in [1.29, 1.82) is 0 Å². The predicted molar refractivity (Wildman–Crippen MR) is 144 cm³/mol. The Hall–Kier alpha value is -2.04. The molecule has 192 valence electrons. The van der Waals surface area contributed by atoms with E-state index in [1.807, 2.05) is 13.0 Å². The predicted octanol–water partition coefficient (Wildman–Crippen LogP) is 7.46. The summed E-state index contributed by atoms with van der Waals surface area (Å²) in [5, 5.41) is 17.2. The molecule has 0 bridgehead atoms. The van der Waals surface area contributed by atoms with E-state index in [2.05, 4.69) is 58.1 Å². The minimum absolute atomic E-state index is 0. The molecular formula is C29H38F2O2SiZr-4. The van der Waals surface area contributed by atoms with Crippen molar-refractivity contribution in [2.24, 2.45) is 5.41 Å². The Balaban J connectivity index is -0.000000376. The van der Waals surface area contributed by atoms with Crippen LogP contribution in [0.2, 0.25) is 0 Å². The first kappa shape index (κ1) is 37.5. The van der Waals surface area contributed by atoms with Gasteiger partial charge in [0.1, 0.15) is 23.1 Å². The quantitative estimate of drug-likeness (QED) is 0.253. The van der Waals surface area contributed by atoms with E-state index in [0.717, 1.165) is 12.8 Å². The maximum atomic E-state index is 12.0. The number of halogens is 2. The fourth-order valence-corrected chi connectivity index (χ4v) is 2.30. The number of rotatable bonds is 0. The molecule has 6 heteroatoms. The van der Waals surface area contributed by atoms with Gasteiger partial charge in [-0.3, -0.25) is 12.2 Å². The summed E-state index contributed by atoms with van der Waals surface area (Å²) in [6, 6.07) is 10.0. The van der Waals surface area contributed by atoms with Crippen LogP contribution in [0.5, 0.6) is 11.5 Å². The van der Waals surface area contributed by atoms with Gasteiger partial charge in [-0.1, -0.05) is 26.2 Å². The molecule has 0 saturated carbocycles. The Labute approximate surface area is 228 Å². The Morgan fingerprint density at radius 3 is 1.29 bits per heavy atom. The molecule has 2 nitrogen and oxygen atoms in total. The minimum atomic E-state index is -0.331. The molecule has 0 radical (unpaired) electrons. The summed E-state index contributed by atoms with van der Waals surface area (Å²) in [4.78, 5) is 0. The van der Waals surface area contributed by atoms with Crippen molar-refractivity contribution in [3.8, 4) is 11.5 Å². The van der Waals surface area contributed by atoms with E-state index in [1.54, 1.807) is 23.3 Å². The summed E-state index contributed by atoms with van der Waals surface area (Å²) in [6.07, 6.45) is 16.7. The number of aromatic hydroxyl groups is 2. The molecule has 2 aromatic carbocycles. The van der Waals surface area contributed by atoms with E-state index in [1.165, 1.54) is 59.7 Å². The molecule has 2 aromatic rings. The first-order valence-corrected chi connectivity index (χ1v) is 16.2. The molecule has 0 aliphatic heterocycles. The van der Waals surface area contributed by atoms with Crippen molar-refractivity contribution in [3.63, 3.8) is 0 Å². The van der Waals surface area contributed by atoms with Crippen LogP contribution in [-0.2, 0) is 23.3 Å². The standard InChI is InChI=1S/C9H13.2C6H5FO.C6H7.2CH3.H2Si.Zr/c1-9(2,3)8-6-4-5-7-8;2*7-5-1-3-6(8)4-2-5;1-6-4-2-3-5-6;;;;/h6-7H,4H2,1-3H3;2*1-4,8H;4-5H,2H2,1H3;2*1H3;1H2;/q-1;;;3*-1;;. The van der Waals surface area contributed by atoms with Gasteiger partial charge in [-0.15, -0.1) is 19.8 Å². The van der Waals surface area contributed by atoms with Crippen molar-refractivity contribution in [2.45, 2.75) is 40.5 Å². The number of hydrogen-bond acceptors (Lipinski definition) is 2. The molecule has 0 atom stereocenters. The van der Waals surface area contributed by atoms with Crippen LogP contribution in [0.25, 0.3) is 0 Å². The van der Waals surface area contributed by atoms with Gasteiger partial charge in [-0.2, -0.15) is 17.7 Å².